The second kappa shape index (κ2) is 6.73. The highest BCUT2D eigenvalue weighted by atomic mass is 16.3. The average Bonchev–Trinajstić information content (AvgIpc) is 2.59. The first kappa shape index (κ1) is 14.8. The van der Waals surface area contributed by atoms with E-state index in [4.69, 9.17) is 0 Å². The van der Waals surface area contributed by atoms with Crippen LogP contribution < -0.4 is 5.32 Å². The summed E-state index contributed by atoms with van der Waals surface area (Å²) in [6.07, 6.45) is -0.519. The van der Waals surface area contributed by atoms with E-state index in [1.54, 1.807) is 0 Å². The van der Waals surface area contributed by atoms with E-state index < -0.39 is 6.10 Å². The number of fused-ring (bicyclic) bond motifs is 1. The second-order valence-electron chi connectivity index (χ2n) is 5.63. The Kier molecular flexibility index (Phi) is 4.52. The number of hydrogen-bond donors (Lipinski definition) is 2. The summed E-state index contributed by atoms with van der Waals surface area (Å²) >= 11 is 0. The molecule has 22 heavy (non-hydrogen) atoms. The molecule has 0 saturated carbocycles. The highest BCUT2D eigenvalue weighted by Crippen LogP contribution is 2.32. The first-order chi connectivity index (χ1) is 10.8. The van der Waals surface area contributed by atoms with Crippen molar-refractivity contribution in [2.45, 2.75) is 12.0 Å². The molecular formula is C20H21NO. The lowest BCUT2D eigenvalue weighted by Gasteiger charge is -2.24. The fraction of sp³-hybridized carbons (Fsp3) is 0.200. The minimum Gasteiger partial charge on any atom is -0.388 e. The minimum atomic E-state index is -0.519. The Morgan fingerprint density at radius 1 is 0.818 bits per heavy atom. The molecule has 0 aromatic heterocycles. The monoisotopic (exact) mass is 291 g/mol. The van der Waals surface area contributed by atoms with Gasteiger partial charge in [0.25, 0.3) is 0 Å². The summed E-state index contributed by atoms with van der Waals surface area (Å²) in [5, 5.41) is 16.4. The smallest absolute Gasteiger partial charge is 0.0870 e. The Morgan fingerprint density at radius 3 is 2.23 bits per heavy atom. The van der Waals surface area contributed by atoms with Crippen LogP contribution in [0.1, 0.15) is 23.1 Å². The van der Waals surface area contributed by atoms with Crippen LogP contribution in [0.15, 0.2) is 72.8 Å². The molecule has 0 aliphatic carbocycles. The van der Waals surface area contributed by atoms with Gasteiger partial charge < -0.3 is 10.4 Å². The third kappa shape index (κ3) is 3.03. The van der Waals surface area contributed by atoms with Crippen LogP contribution in [0.2, 0.25) is 0 Å². The molecule has 0 aliphatic heterocycles. The van der Waals surface area contributed by atoms with Gasteiger partial charge in [-0.3, -0.25) is 0 Å². The van der Waals surface area contributed by atoms with Crippen LogP contribution in [-0.2, 0) is 0 Å². The van der Waals surface area contributed by atoms with Crippen molar-refractivity contribution in [3.8, 4) is 0 Å². The fourth-order valence-electron chi connectivity index (χ4n) is 2.95. The van der Waals surface area contributed by atoms with Gasteiger partial charge in [0.15, 0.2) is 0 Å². The third-order valence-corrected chi connectivity index (χ3v) is 4.15. The van der Waals surface area contributed by atoms with E-state index >= 15 is 0 Å². The van der Waals surface area contributed by atoms with Gasteiger partial charge in [0.1, 0.15) is 0 Å². The van der Waals surface area contributed by atoms with Crippen LogP contribution in [0.25, 0.3) is 10.8 Å². The summed E-state index contributed by atoms with van der Waals surface area (Å²) < 4.78 is 0. The van der Waals surface area contributed by atoms with Gasteiger partial charge in [0, 0.05) is 12.5 Å². The largest absolute Gasteiger partial charge is 0.388 e. The van der Waals surface area contributed by atoms with Crippen LogP contribution in [0, 0.1) is 0 Å². The maximum Gasteiger partial charge on any atom is 0.0870 e. The van der Waals surface area contributed by atoms with Crippen molar-refractivity contribution in [1.82, 2.24) is 5.32 Å². The first-order valence-electron chi connectivity index (χ1n) is 7.66. The zero-order valence-electron chi connectivity index (χ0n) is 12.7. The molecule has 112 valence electrons. The fourth-order valence-corrected chi connectivity index (χ4v) is 2.95. The van der Waals surface area contributed by atoms with E-state index in [1.807, 2.05) is 49.5 Å². The predicted octanol–water partition coefficient (Wildman–Crippen LogP) is 3.88. The van der Waals surface area contributed by atoms with Crippen molar-refractivity contribution in [3.05, 3.63) is 83.9 Å². The molecule has 0 saturated heterocycles. The van der Waals surface area contributed by atoms with Gasteiger partial charge in [-0.05, 0) is 28.9 Å². The topological polar surface area (TPSA) is 32.3 Å². The zero-order chi connectivity index (χ0) is 15.4. The van der Waals surface area contributed by atoms with Crippen LogP contribution in [0.5, 0.6) is 0 Å². The van der Waals surface area contributed by atoms with Crippen molar-refractivity contribution in [2.24, 2.45) is 0 Å². The maximum atomic E-state index is 10.8. The maximum absolute atomic E-state index is 10.8. The van der Waals surface area contributed by atoms with Gasteiger partial charge in [-0.1, -0.05) is 72.8 Å². The van der Waals surface area contributed by atoms with Crippen LogP contribution in [0.3, 0.4) is 0 Å². The van der Waals surface area contributed by atoms with E-state index in [0.29, 0.717) is 0 Å². The number of hydrogen-bond acceptors (Lipinski definition) is 2. The minimum absolute atomic E-state index is 0.0250. The molecule has 0 heterocycles. The molecule has 0 fully saturated rings. The number of benzene rings is 3. The van der Waals surface area contributed by atoms with Gasteiger partial charge >= 0.3 is 0 Å². The predicted molar refractivity (Wildman–Crippen MR) is 92.0 cm³/mol. The Hall–Kier alpha value is -2.16. The number of nitrogens with one attached hydrogen (secondary N) is 1. The molecule has 2 nitrogen and oxygen atoms in total. The standard InChI is InChI=1S/C20H21NO/c1-21-14-19(20(22)16-8-3-2-4-9-16)18-12-11-15-7-5-6-10-17(15)13-18/h2-13,19-22H,14H2,1H3/t19-,20+/m1/s1. The molecule has 0 spiro atoms. The van der Waals surface area contributed by atoms with E-state index in [0.717, 1.165) is 17.7 Å². The molecule has 0 amide bonds. The summed E-state index contributed by atoms with van der Waals surface area (Å²) in [5.41, 5.74) is 2.11. The number of rotatable bonds is 5. The van der Waals surface area contributed by atoms with Crippen LogP contribution >= 0.6 is 0 Å². The van der Waals surface area contributed by atoms with Crippen molar-refractivity contribution < 1.29 is 5.11 Å². The molecule has 0 unspecified atom stereocenters. The van der Waals surface area contributed by atoms with Gasteiger partial charge in [-0.25, -0.2) is 0 Å². The van der Waals surface area contributed by atoms with Gasteiger partial charge in [-0.2, -0.15) is 0 Å². The molecule has 0 bridgehead atoms. The molecule has 3 aromatic rings. The highest BCUT2D eigenvalue weighted by molar-refractivity contribution is 5.83. The molecule has 3 aromatic carbocycles. The van der Waals surface area contributed by atoms with Crippen LogP contribution in [-0.4, -0.2) is 18.7 Å². The zero-order valence-corrected chi connectivity index (χ0v) is 12.7. The lowest BCUT2D eigenvalue weighted by atomic mass is 9.88. The molecule has 2 N–H and O–H groups in total. The molecule has 0 radical (unpaired) electrons. The Balaban J connectivity index is 1.98. The molecule has 0 aliphatic rings. The molecule has 2 heteroatoms. The van der Waals surface area contributed by atoms with E-state index in [-0.39, 0.29) is 5.92 Å². The van der Waals surface area contributed by atoms with Gasteiger partial charge in [0.2, 0.25) is 0 Å². The number of aliphatic hydroxyl groups is 1. The summed E-state index contributed by atoms with van der Waals surface area (Å²) in [6.45, 7) is 0.731. The molecule has 2 atom stereocenters. The van der Waals surface area contributed by atoms with Crippen LogP contribution in [0.4, 0.5) is 0 Å². The van der Waals surface area contributed by atoms with Gasteiger partial charge in [0.05, 0.1) is 6.10 Å². The third-order valence-electron chi connectivity index (χ3n) is 4.15. The van der Waals surface area contributed by atoms with Gasteiger partial charge in [-0.15, -0.1) is 0 Å². The van der Waals surface area contributed by atoms with Crippen molar-refractivity contribution in [1.29, 1.82) is 0 Å². The summed E-state index contributed by atoms with van der Waals surface area (Å²) in [7, 11) is 1.92. The van der Waals surface area contributed by atoms with E-state index in [2.05, 4.69) is 35.6 Å². The Morgan fingerprint density at radius 2 is 1.50 bits per heavy atom. The second-order valence-corrected chi connectivity index (χ2v) is 5.63. The lowest BCUT2D eigenvalue weighted by molar-refractivity contribution is 0.144. The number of aliphatic hydroxyl groups excluding tert-OH is 1. The van der Waals surface area contributed by atoms with Crippen molar-refractivity contribution in [3.63, 3.8) is 0 Å². The summed E-state index contributed by atoms with van der Waals surface area (Å²) in [6, 6.07) is 24.6. The average molecular weight is 291 g/mol. The quantitative estimate of drug-likeness (QED) is 0.748. The molecule has 3 rings (SSSR count). The van der Waals surface area contributed by atoms with Crippen molar-refractivity contribution in [2.75, 3.05) is 13.6 Å². The SMILES string of the molecule is CNC[C@H](c1ccc2ccccc2c1)[C@@H](O)c1ccccc1. The normalized spacial score (nSPS) is 13.9. The summed E-state index contributed by atoms with van der Waals surface area (Å²) in [4.78, 5) is 0. The lowest BCUT2D eigenvalue weighted by Crippen LogP contribution is -2.23. The highest BCUT2D eigenvalue weighted by Gasteiger charge is 2.22. The Bertz CT molecular complexity index is 739. The summed E-state index contributed by atoms with van der Waals surface area (Å²) in [5.74, 6) is 0.0250. The van der Waals surface area contributed by atoms with E-state index in [9.17, 15) is 5.11 Å². The first-order valence-corrected chi connectivity index (χ1v) is 7.66. The van der Waals surface area contributed by atoms with E-state index in [1.165, 1.54) is 10.8 Å². The van der Waals surface area contributed by atoms with Crippen molar-refractivity contribution >= 4 is 10.8 Å². The molecular weight excluding hydrogens is 270 g/mol. The number of likely N-dealkylation sites (N-methyl/N-ethyl adjacent to an activating group) is 1. The Labute approximate surface area is 131 Å².